The highest BCUT2D eigenvalue weighted by Gasteiger charge is 2.44. The first-order chi connectivity index (χ1) is 18.1. The molecule has 1 unspecified atom stereocenters. The molecule has 0 amide bonds. The third kappa shape index (κ3) is 4.45. The van der Waals surface area contributed by atoms with E-state index < -0.39 is 35.3 Å². The van der Waals surface area contributed by atoms with Gasteiger partial charge in [0.15, 0.2) is 0 Å². The number of alkyl halides is 3. The van der Waals surface area contributed by atoms with Crippen molar-refractivity contribution in [2.75, 3.05) is 19.1 Å². The van der Waals surface area contributed by atoms with Gasteiger partial charge in [-0.05, 0) is 23.8 Å². The largest absolute Gasteiger partial charge is 0.466 e. The van der Waals surface area contributed by atoms with Gasteiger partial charge < -0.3 is 19.8 Å². The number of methoxy groups -OCH3 is 2. The normalized spacial score (nSPS) is 15.8. The average Bonchev–Trinajstić information content (AvgIpc) is 3.46. The molecular formula is C26H20F3N5O4. The highest BCUT2D eigenvalue weighted by atomic mass is 19.4. The van der Waals surface area contributed by atoms with E-state index in [1.165, 1.54) is 29.4 Å². The molecule has 2 N–H and O–H groups in total. The number of benzene rings is 2. The van der Waals surface area contributed by atoms with Crippen LogP contribution in [0.3, 0.4) is 0 Å². The molecule has 1 atom stereocenters. The van der Waals surface area contributed by atoms with Crippen LogP contribution in [0, 0.1) is 11.3 Å². The van der Waals surface area contributed by atoms with E-state index in [0.717, 1.165) is 31.3 Å². The molecule has 0 radical (unpaired) electrons. The fourth-order valence-electron chi connectivity index (χ4n) is 4.30. The SMILES string of the molecule is COC(=O)C1=C(C(=O)OC)N(c2ccc(-n3ccnc3)c(C(F)(F)F)c2)C(N)=C(C#N)C1c1ccccc1. The Morgan fingerprint density at radius 1 is 1.08 bits per heavy atom. The Balaban J connectivity index is 2.06. The molecular weight excluding hydrogens is 503 g/mol. The van der Waals surface area contributed by atoms with Crippen LogP contribution in [0.15, 0.2) is 89.9 Å². The predicted octanol–water partition coefficient (Wildman–Crippen LogP) is 3.79. The summed E-state index contributed by atoms with van der Waals surface area (Å²) < 4.78 is 53.5. The zero-order valence-electron chi connectivity index (χ0n) is 20.1. The van der Waals surface area contributed by atoms with Crippen LogP contribution in [-0.2, 0) is 25.2 Å². The minimum atomic E-state index is -4.82. The maximum Gasteiger partial charge on any atom is 0.418 e. The fraction of sp³-hybridized carbons (Fsp3) is 0.154. The molecule has 38 heavy (non-hydrogen) atoms. The number of rotatable bonds is 5. The van der Waals surface area contributed by atoms with Gasteiger partial charge >= 0.3 is 18.1 Å². The van der Waals surface area contributed by atoms with Crippen molar-refractivity contribution in [2.24, 2.45) is 5.73 Å². The Kier molecular flexibility index (Phi) is 6.94. The lowest BCUT2D eigenvalue weighted by Crippen LogP contribution is -2.40. The van der Waals surface area contributed by atoms with Crippen molar-refractivity contribution in [3.05, 3.63) is 101 Å². The van der Waals surface area contributed by atoms with Crippen molar-refractivity contribution in [1.29, 1.82) is 5.26 Å². The summed E-state index contributed by atoms with van der Waals surface area (Å²) in [6.07, 6.45) is -0.961. The second-order valence-corrected chi connectivity index (χ2v) is 8.00. The Morgan fingerprint density at radius 3 is 2.32 bits per heavy atom. The van der Waals surface area contributed by atoms with Crippen LogP contribution < -0.4 is 10.6 Å². The number of anilines is 1. The first-order valence-electron chi connectivity index (χ1n) is 11.0. The van der Waals surface area contributed by atoms with Crippen molar-refractivity contribution in [3.8, 4) is 11.8 Å². The maximum absolute atomic E-state index is 14.2. The van der Waals surface area contributed by atoms with Gasteiger partial charge in [0.25, 0.3) is 0 Å². The smallest absolute Gasteiger partial charge is 0.418 e. The summed E-state index contributed by atoms with van der Waals surface area (Å²) in [6.45, 7) is 0. The van der Waals surface area contributed by atoms with Crippen LogP contribution in [0.2, 0.25) is 0 Å². The molecule has 0 aliphatic carbocycles. The molecule has 0 fully saturated rings. The van der Waals surface area contributed by atoms with E-state index in [1.807, 2.05) is 6.07 Å². The molecule has 9 nitrogen and oxygen atoms in total. The van der Waals surface area contributed by atoms with E-state index in [4.69, 9.17) is 15.2 Å². The summed E-state index contributed by atoms with van der Waals surface area (Å²) in [5.41, 5.74) is 4.28. The quantitative estimate of drug-likeness (QED) is 0.501. The summed E-state index contributed by atoms with van der Waals surface area (Å²) >= 11 is 0. The number of hydrogen-bond acceptors (Lipinski definition) is 8. The number of halogens is 3. The molecule has 2 aromatic carbocycles. The number of esters is 2. The van der Waals surface area contributed by atoms with Crippen molar-refractivity contribution in [3.63, 3.8) is 0 Å². The van der Waals surface area contributed by atoms with Crippen LogP contribution in [0.4, 0.5) is 18.9 Å². The van der Waals surface area contributed by atoms with Gasteiger partial charge in [-0.3, -0.25) is 4.90 Å². The standard InChI is InChI=1S/C26H20F3N5O4/c1-37-24(35)21-20(15-6-4-3-5-7-15)17(13-30)23(31)34(22(21)25(36)38-2)16-8-9-19(33-11-10-32-14-33)18(12-16)26(27,28)29/h3-12,14,20H,31H2,1-2H3. The zero-order valence-corrected chi connectivity index (χ0v) is 20.1. The summed E-state index contributed by atoms with van der Waals surface area (Å²) in [5, 5.41) is 10.1. The molecule has 1 aliphatic rings. The topological polar surface area (TPSA) is 123 Å². The molecule has 4 rings (SSSR count). The van der Waals surface area contributed by atoms with Gasteiger partial charge in [0.1, 0.15) is 11.5 Å². The third-order valence-corrected chi connectivity index (χ3v) is 5.94. The van der Waals surface area contributed by atoms with E-state index in [-0.39, 0.29) is 28.3 Å². The van der Waals surface area contributed by atoms with Crippen LogP contribution >= 0.6 is 0 Å². The molecule has 2 heterocycles. The lowest BCUT2D eigenvalue weighted by Gasteiger charge is -2.36. The zero-order chi connectivity index (χ0) is 27.6. The minimum Gasteiger partial charge on any atom is -0.466 e. The summed E-state index contributed by atoms with van der Waals surface area (Å²) in [6, 6.07) is 13.4. The molecule has 0 spiro atoms. The lowest BCUT2D eigenvalue weighted by molar-refractivity contribution is -0.139. The summed E-state index contributed by atoms with van der Waals surface area (Å²) in [7, 11) is 2.12. The van der Waals surface area contributed by atoms with Gasteiger partial charge in [0, 0.05) is 18.1 Å². The van der Waals surface area contributed by atoms with Gasteiger partial charge in [-0.25, -0.2) is 14.6 Å². The van der Waals surface area contributed by atoms with Gasteiger partial charge in [-0.15, -0.1) is 0 Å². The number of ether oxygens (including phenoxy) is 2. The van der Waals surface area contributed by atoms with Crippen molar-refractivity contribution in [2.45, 2.75) is 12.1 Å². The van der Waals surface area contributed by atoms with Crippen LogP contribution in [-0.4, -0.2) is 35.7 Å². The predicted molar refractivity (Wildman–Crippen MR) is 128 cm³/mol. The molecule has 194 valence electrons. The van der Waals surface area contributed by atoms with Crippen LogP contribution in [0.5, 0.6) is 0 Å². The molecule has 0 saturated heterocycles. The van der Waals surface area contributed by atoms with E-state index in [1.54, 1.807) is 30.3 Å². The number of imidazole rings is 1. The number of nitrogens with zero attached hydrogens (tertiary/aromatic N) is 4. The van der Waals surface area contributed by atoms with Gasteiger partial charge in [0.2, 0.25) is 0 Å². The van der Waals surface area contributed by atoms with Gasteiger partial charge in [-0.2, -0.15) is 18.4 Å². The fourth-order valence-corrected chi connectivity index (χ4v) is 4.30. The second kappa shape index (κ2) is 10.1. The number of hydrogen-bond donors (Lipinski definition) is 1. The molecule has 3 aromatic rings. The number of allylic oxidation sites excluding steroid dienone is 1. The number of aromatic nitrogens is 2. The Bertz CT molecular complexity index is 1490. The highest BCUT2D eigenvalue weighted by molar-refractivity contribution is 6.06. The molecule has 1 aromatic heterocycles. The molecule has 0 bridgehead atoms. The van der Waals surface area contributed by atoms with Crippen LogP contribution in [0.25, 0.3) is 5.69 Å². The van der Waals surface area contributed by atoms with Crippen molar-refractivity contribution in [1.82, 2.24) is 9.55 Å². The highest BCUT2D eigenvalue weighted by Crippen LogP contribution is 2.44. The van der Waals surface area contributed by atoms with Gasteiger partial charge in [0.05, 0.1) is 54.9 Å². The number of carbonyl (C=O) groups is 2. The number of nitriles is 1. The maximum atomic E-state index is 14.2. The summed E-state index contributed by atoms with van der Waals surface area (Å²) in [4.78, 5) is 30.9. The van der Waals surface area contributed by atoms with Crippen molar-refractivity contribution < 1.29 is 32.2 Å². The first-order valence-corrected chi connectivity index (χ1v) is 11.0. The number of nitrogens with two attached hydrogens (primary N) is 1. The lowest BCUT2D eigenvalue weighted by atomic mass is 9.81. The number of carbonyl (C=O) groups excluding carboxylic acids is 2. The van der Waals surface area contributed by atoms with E-state index in [0.29, 0.717) is 5.56 Å². The Morgan fingerprint density at radius 2 is 1.76 bits per heavy atom. The monoisotopic (exact) mass is 523 g/mol. The first kappa shape index (κ1) is 26.0. The minimum absolute atomic E-state index is 0.170. The Hall–Kier alpha value is -5.05. The molecule has 1 aliphatic heterocycles. The van der Waals surface area contributed by atoms with E-state index >= 15 is 0 Å². The molecule has 12 heteroatoms. The van der Waals surface area contributed by atoms with Crippen LogP contribution in [0.1, 0.15) is 17.0 Å². The van der Waals surface area contributed by atoms with E-state index in [9.17, 15) is 28.0 Å². The second-order valence-electron chi connectivity index (χ2n) is 8.00. The average molecular weight is 523 g/mol. The Labute approximate surface area is 214 Å². The van der Waals surface area contributed by atoms with E-state index in [2.05, 4.69) is 4.98 Å². The molecule has 0 saturated carbocycles. The summed E-state index contributed by atoms with van der Waals surface area (Å²) in [5.74, 6) is -3.56. The van der Waals surface area contributed by atoms with Gasteiger partial charge in [-0.1, -0.05) is 30.3 Å². The van der Waals surface area contributed by atoms with Crippen molar-refractivity contribution >= 4 is 17.6 Å². The third-order valence-electron chi connectivity index (χ3n) is 5.94.